The van der Waals surface area contributed by atoms with Crippen LogP contribution in [0.2, 0.25) is 15.1 Å². The van der Waals surface area contributed by atoms with E-state index in [-0.39, 0.29) is 11.6 Å². The molecule has 0 heterocycles. The van der Waals surface area contributed by atoms with Crippen LogP contribution in [0.1, 0.15) is 26.7 Å². The van der Waals surface area contributed by atoms with E-state index in [0.717, 1.165) is 10.5 Å². The number of amides is 3. The van der Waals surface area contributed by atoms with E-state index >= 15 is 0 Å². The van der Waals surface area contributed by atoms with Gasteiger partial charge >= 0.3 is 0 Å². The average Bonchev–Trinajstić information content (AvgIpc) is 3.06. The number of benzene rings is 5. The summed E-state index contributed by atoms with van der Waals surface area (Å²) in [6.07, 6.45) is 1.56. The fraction of sp³-hybridized carbons (Fsp3) is 0.0278. The predicted molar refractivity (Wildman–Crippen MR) is 189 cm³/mol. The maximum Gasteiger partial charge on any atom is 0.272 e. The molecule has 1 unspecified atom stereocenters. The van der Waals surface area contributed by atoms with E-state index in [1.807, 2.05) is 30.3 Å². The van der Waals surface area contributed by atoms with Crippen LogP contribution in [0.15, 0.2) is 138 Å². The molecule has 230 valence electrons. The first-order valence-corrected chi connectivity index (χ1v) is 16.0. The van der Waals surface area contributed by atoms with Gasteiger partial charge in [-0.1, -0.05) is 95.5 Å². The van der Waals surface area contributed by atoms with E-state index in [1.54, 1.807) is 103 Å². The van der Waals surface area contributed by atoms with Crippen LogP contribution in [0.3, 0.4) is 0 Å². The first-order chi connectivity index (χ1) is 22.2. The topological polar surface area (TPSA) is 87.3 Å². The first-order valence-electron chi connectivity index (χ1n) is 14.0. The Labute approximate surface area is 285 Å². The number of halogens is 3. The molecule has 5 rings (SSSR count). The normalized spacial score (nSPS) is 11.8. The molecular formula is C36H26Cl3N3O3S. The van der Waals surface area contributed by atoms with E-state index < -0.39 is 17.1 Å². The van der Waals surface area contributed by atoms with Gasteiger partial charge in [0.05, 0.1) is 10.7 Å². The highest BCUT2D eigenvalue weighted by Crippen LogP contribution is 2.37. The Kier molecular flexibility index (Phi) is 11.2. The van der Waals surface area contributed by atoms with Crippen LogP contribution in [0.4, 0.5) is 11.4 Å². The molecule has 46 heavy (non-hydrogen) atoms. The Hall–Kier alpha value is -4.53. The van der Waals surface area contributed by atoms with Crippen molar-refractivity contribution in [3.05, 3.63) is 165 Å². The third-order valence-corrected chi connectivity index (χ3v) is 8.65. The number of carbonyl (C=O) groups excluding carboxylic acids is 3. The number of anilines is 2. The van der Waals surface area contributed by atoms with E-state index in [2.05, 4.69) is 16.0 Å². The fourth-order valence-electron chi connectivity index (χ4n) is 4.35. The van der Waals surface area contributed by atoms with Crippen molar-refractivity contribution in [1.82, 2.24) is 5.32 Å². The summed E-state index contributed by atoms with van der Waals surface area (Å²) in [5, 5.41) is 9.15. The molecule has 5 aromatic rings. The quantitative estimate of drug-likeness (QED) is 0.101. The number of carbonyl (C=O) groups is 3. The summed E-state index contributed by atoms with van der Waals surface area (Å²) in [6, 6.07) is 36.9. The molecule has 3 N–H and O–H groups in total. The fourth-order valence-corrected chi connectivity index (χ4v) is 5.91. The van der Waals surface area contributed by atoms with Gasteiger partial charge < -0.3 is 16.0 Å². The lowest BCUT2D eigenvalue weighted by molar-refractivity contribution is -0.116. The van der Waals surface area contributed by atoms with Crippen molar-refractivity contribution < 1.29 is 14.4 Å². The zero-order valence-electron chi connectivity index (χ0n) is 24.0. The molecule has 0 aromatic heterocycles. The predicted octanol–water partition coefficient (Wildman–Crippen LogP) is 9.53. The Bertz CT molecular complexity index is 1890. The number of hydrogen-bond donors (Lipinski definition) is 3. The molecule has 6 nitrogen and oxygen atoms in total. The second-order valence-electron chi connectivity index (χ2n) is 9.93. The van der Waals surface area contributed by atoms with E-state index in [9.17, 15) is 14.4 Å². The molecule has 0 radical (unpaired) electrons. The summed E-state index contributed by atoms with van der Waals surface area (Å²) in [6.45, 7) is 0. The molecule has 0 aliphatic carbocycles. The third-order valence-electron chi connectivity index (χ3n) is 6.58. The number of rotatable bonds is 10. The van der Waals surface area contributed by atoms with Gasteiger partial charge in [0.25, 0.3) is 11.8 Å². The lowest BCUT2D eigenvalue weighted by Crippen LogP contribution is -2.30. The molecule has 0 aliphatic heterocycles. The van der Waals surface area contributed by atoms with Gasteiger partial charge in [0.2, 0.25) is 5.91 Å². The second-order valence-corrected chi connectivity index (χ2v) is 12.4. The summed E-state index contributed by atoms with van der Waals surface area (Å²) < 4.78 is 0. The van der Waals surface area contributed by atoms with Gasteiger partial charge in [0.15, 0.2) is 0 Å². The molecule has 0 aliphatic rings. The van der Waals surface area contributed by atoms with E-state index in [4.69, 9.17) is 34.8 Å². The minimum atomic E-state index is -0.614. The largest absolute Gasteiger partial charge is 0.323 e. The summed E-state index contributed by atoms with van der Waals surface area (Å²) in [5.41, 5.74) is 2.79. The first kappa shape index (κ1) is 32.9. The maximum atomic E-state index is 13.5. The Morgan fingerprint density at radius 2 is 1.35 bits per heavy atom. The van der Waals surface area contributed by atoms with Crippen molar-refractivity contribution in [2.45, 2.75) is 10.1 Å². The van der Waals surface area contributed by atoms with Crippen LogP contribution < -0.4 is 16.0 Å². The van der Waals surface area contributed by atoms with Crippen LogP contribution in [-0.2, 0) is 9.59 Å². The van der Waals surface area contributed by atoms with Gasteiger partial charge in [-0.25, -0.2) is 0 Å². The zero-order valence-corrected chi connectivity index (χ0v) is 27.1. The lowest BCUT2D eigenvalue weighted by Gasteiger charge is -2.18. The van der Waals surface area contributed by atoms with Crippen molar-refractivity contribution in [3.8, 4) is 0 Å². The van der Waals surface area contributed by atoms with Crippen LogP contribution in [0.5, 0.6) is 0 Å². The van der Waals surface area contributed by atoms with Gasteiger partial charge in [-0.2, -0.15) is 0 Å². The van der Waals surface area contributed by atoms with E-state index in [0.29, 0.717) is 37.6 Å². The second kappa shape index (κ2) is 15.7. The van der Waals surface area contributed by atoms with Crippen molar-refractivity contribution >= 4 is 81.7 Å². The van der Waals surface area contributed by atoms with Gasteiger partial charge in [-0.3, -0.25) is 14.4 Å². The van der Waals surface area contributed by atoms with Crippen molar-refractivity contribution in [2.24, 2.45) is 0 Å². The lowest BCUT2D eigenvalue weighted by atomic mass is 10.1. The molecular weight excluding hydrogens is 661 g/mol. The standard InChI is InChI=1S/C36H26Cl3N3O3S/c37-26-13-7-8-23(20-26)21-32(42-34(43)25-11-5-2-6-12-25)35(44)40-28-15-17-29(18-16-28)46-33(24-9-3-1-4-10-24)36(45)41-31-22-27(38)14-19-30(31)39/h1-22,33H,(H,40,44)(H,41,45)(H,42,43)/b32-21-. The SMILES string of the molecule is O=C(Nc1ccc(SC(C(=O)Nc2cc(Cl)ccc2Cl)c2ccccc2)cc1)/C(=C/c1cccc(Cl)c1)NC(=O)c1ccccc1. The minimum absolute atomic E-state index is 0.0371. The molecule has 0 saturated heterocycles. The van der Waals surface area contributed by atoms with Crippen molar-refractivity contribution in [1.29, 1.82) is 0 Å². The summed E-state index contributed by atoms with van der Waals surface area (Å²) in [4.78, 5) is 40.6. The Morgan fingerprint density at radius 1 is 0.674 bits per heavy atom. The molecule has 0 saturated carbocycles. The van der Waals surface area contributed by atoms with Crippen LogP contribution >= 0.6 is 46.6 Å². The van der Waals surface area contributed by atoms with Crippen molar-refractivity contribution in [2.75, 3.05) is 10.6 Å². The number of hydrogen-bond acceptors (Lipinski definition) is 4. The van der Waals surface area contributed by atoms with Crippen LogP contribution in [-0.4, -0.2) is 17.7 Å². The molecule has 1 atom stereocenters. The minimum Gasteiger partial charge on any atom is -0.323 e. The Balaban J connectivity index is 1.33. The number of nitrogens with one attached hydrogen (secondary N) is 3. The summed E-state index contributed by atoms with van der Waals surface area (Å²) >= 11 is 19.9. The van der Waals surface area contributed by atoms with E-state index in [1.165, 1.54) is 11.8 Å². The Morgan fingerprint density at radius 3 is 2.04 bits per heavy atom. The highest BCUT2D eigenvalue weighted by atomic mass is 35.5. The molecule has 0 bridgehead atoms. The zero-order chi connectivity index (χ0) is 32.5. The van der Waals surface area contributed by atoms with Gasteiger partial charge in [0.1, 0.15) is 10.9 Å². The molecule has 10 heteroatoms. The third kappa shape index (κ3) is 9.02. The summed E-state index contributed by atoms with van der Waals surface area (Å²) in [7, 11) is 0. The summed E-state index contributed by atoms with van der Waals surface area (Å²) in [5.74, 6) is -1.23. The smallest absolute Gasteiger partial charge is 0.272 e. The van der Waals surface area contributed by atoms with Gasteiger partial charge in [-0.15, -0.1) is 11.8 Å². The highest BCUT2D eigenvalue weighted by molar-refractivity contribution is 8.00. The number of thioether (sulfide) groups is 1. The van der Waals surface area contributed by atoms with Crippen LogP contribution in [0, 0.1) is 0 Å². The average molecular weight is 687 g/mol. The maximum absolute atomic E-state index is 13.5. The van der Waals surface area contributed by atoms with Gasteiger partial charge in [-0.05, 0) is 83.9 Å². The van der Waals surface area contributed by atoms with Crippen molar-refractivity contribution in [3.63, 3.8) is 0 Å². The molecule has 3 amide bonds. The molecule has 0 fully saturated rings. The monoisotopic (exact) mass is 685 g/mol. The highest BCUT2D eigenvalue weighted by Gasteiger charge is 2.23. The molecule has 0 spiro atoms. The van der Waals surface area contributed by atoms with Crippen LogP contribution in [0.25, 0.3) is 6.08 Å². The van der Waals surface area contributed by atoms with Gasteiger partial charge in [0, 0.05) is 26.2 Å². The molecule has 5 aromatic carbocycles.